The van der Waals surface area contributed by atoms with E-state index in [4.69, 9.17) is 4.74 Å². The van der Waals surface area contributed by atoms with E-state index < -0.39 is 0 Å². The molecule has 0 radical (unpaired) electrons. The molecule has 0 saturated carbocycles. The lowest BCUT2D eigenvalue weighted by Gasteiger charge is -1.94. The number of nitrogens with one attached hydrogen (secondary N) is 2. The van der Waals surface area contributed by atoms with Crippen molar-refractivity contribution in [3.8, 4) is 5.75 Å². The first-order chi connectivity index (χ1) is 12.6. The van der Waals surface area contributed by atoms with Gasteiger partial charge in [0.1, 0.15) is 5.75 Å². The summed E-state index contributed by atoms with van der Waals surface area (Å²) in [6.45, 7) is 4.08. The van der Waals surface area contributed by atoms with Crippen molar-refractivity contribution >= 4 is 23.6 Å². The second-order valence-electron chi connectivity index (χ2n) is 6.37. The molecule has 3 aromatic rings. The average Bonchev–Trinajstić information content (AvgIpc) is 3.29. The van der Waals surface area contributed by atoms with Crippen molar-refractivity contribution in [2.24, 2.45) is 4.99 Å². The number of aromatic nitrogens is 2. The monoisotopic (exact) mass is 345 g/mol. The fraction of sp³-hybridized carbons (Fsp3) is 0.143. The van der Waals surface area contributed by atoms with Gasteiger partial charge in [0.05, 0.1) is 34.4 Å². The fourth-order valence-corrected chi connectivity index (χ4v) is 3.33. The first-order valence-electron chi connectivity index (χ1n) is 8.39. The normalized spacial score (nSPS) is 15.8. The molecule has 0 saturated heterocycles. The van der Waals surface area contributed by atoms with Crippen LogP contribution in [0.1, 0.15) is 17.0 Å². The number of ether oxygens (including phenoxy) is 1. The number of hydrogen-bond donors (Lipinski definition) is 2. The number of aldehydes is 1. The van der Waals surface area contributed by atoms with Gasteiger partial charge >= 0.3 is 0 Å². The van der Waals surface area contributed by atoms with Crippen molar-refractivity contribution in [2.45, 2.75) is 13.8 Å². The lowest BCUT2D eigenvalue weighted by atomic mass is 10.1. The number of hydrogen-bond acceptors (Lipinski definition) is 3. The quantitative estimate of drug-likeness (QED) is 0.682. The van der Waals surface area contributed by atoms with Gasteiger partial charge in [-0.25, -0.2) is 4.99 Å². The van der Waals surface area contributed by atoms with Crippen molar-refractivity contribution in [3.05, 3.63) is 74.6 Å². The predicted molar refractivity (Wildman–Crippen MR) is 101 cm³/mol. The molecule has 0 unspecified atom stereocenters. The van der Waals surface area contributed by atoms with Gasteiger partial charge in [-0.1, -0.05) is 18.2 Å². The summed E-state index contributed by atoms with van der Waals surface area (Å²) in [7, 11) is 1.63. The fourth-order valence-electron chi connectivity index (χ4n) is 3.33. The van der Waals surface area contributed by atoms with E-state index in [0.29, 0.717) is 17.0 Å². The Kier molecular flexibility index (Phi) is 3.84. The molecule has 0 atom stereocenters. The maximum absolute atomic E-state index is 11.7. The minimum atomic E-state index is 0.586. The first-order valence-corrected chi connectivity index (χ1v) is 8.39. The molecule has 1 aliphatic heterocycles. The highest BCUT2D eigenvalue weighted by molar-refractivity contribution is 6.17. The van der Waals surface area contributed by atoms with Crippen LogP contribution in [-0.4, -0.2) is 23.4 Å². The lowest BCUT2D eigenvalue weighted by Crippen LogP contribution is -2.22. The SMILES string of the molecule is COc1c/c(=C2/N=c3ccccc3=C2C=O)[nH]c1=Cc1[nH]c(C)cc1C. The highest BCUT2D eigenvalue weighted by Gasteiger charge is 2.14. The van der Waals surface area contributed by atoms with Gasteiger partial charge in [-0.05, 0) is 37.6 Å². The Hall–Kier alpha value is -3.34. The summed E-state index contributed by atoms with van der Waals surface area (Å²) in [5.41, 5.74) is 4.50. The van der Waals surface area contributed by atoms with Crippen molar-refractivity contribution in [3.63, 3.8) is 0 Å². The summed E-state index contributed by atoms with van der Waals surface area (Å²) in [6, 6.07) is 11.6. The van der Waals surface area contributed by atoms with Crippen LogP contribution in [0.25, 0.3) is 17.3 Å². The second kappa shape index (κ2) is 6.19. The third-order valence-electron chi connectivity index (χ3n) is 4.56. The molecule has 5 nitrogen and oxygen atoms in total. The predicted octanol–water partition coefficient (Wildman–Crippen LogP) is 0.588. The molecule has 2 aromatic heterocycles. The number of nitrogens with zero attached hydrogens (tertiary/aromatic N) is 1. The van der Waals surface area contributed by atoms with E-state index in [0.717, 1.165) is 44.5 Å². The van der Waals surface area contributed by atoms with Crippen molar-refractivity contribution in [1.82, 2.24) is 9.97 Å². The molecule has 5 heteroatoms. The van der Waals surface area contributed by atoms with E-state index in [1.165, 1.54) is 0 Å². The van der Waals surface area contributed by atoms with E-state index in [9.17, 15) is 4.79 Å². The van der Waals surface area contributed by atoms with Crippen LogP contribution in [0.15, 0.2) is 41.4 Å². The minimum Gasteiger partial charge on any atom is -0.494 e. The van der Waals surface area contributed by atoms with Gasteiger partial charge in [-0.3, -0.25) is 4.79 Å². The Morgan fingerprint density at radius 2 is 1.92 bits per heavy atom. The molecule has 0 bridgehead atoms. The number of H-pyrrole nitrogens is 2. The maximum Gasteiger partial charge on any atom is 0.152 e. The lowest BCUT2D eigenvalue weighted by molar-refractivity contribution is -0.103. The number of rotatable bonds is 3. The number of carbonyl (C=O) groups is 1. The highest BCUT2D eigenvalue weighted by atomic mass is 16.5. The molecular formula is C21H19N3O2. The molecule has 0 aliphatic carbocycles. The summed E-state index contributed by atoms with van der Waals surface area (Å²) in [5.74, 6) is 0.704. The Morgan fingerprint density at radius 3 is 2.62 bits per heavy atom. The third-order valence-corrected chi connectivity index (χ3v) is 4.56. The third kappa shape index (κ3) is 2.58. The zero-order valence-electron chi connectivity index (χ0n) is 14.9. The smallest absolute Gasteiger partial charge is 0.152 e. The molecule has 1 aliphatic rings. The molecule has 0 spiro atoms. The number of carbonyl (C=O) groups excluding carboxylic acids is 1. The van der Waals surface area contributed by atoms with Crippen LogP contribution in [0.2, 0.25) is 0 Å². The number of para-hydroxylation sites is 1. The van der Waals surface area contributed by atoms with Gasteiger partial charge in [0.25, 0.3) is 0 Å². The first kappa shape index (κ1) is 16.1. The van der Waals surface area contributed by atoms with Crippen LogP contribution in [0.4, 0.5) is 0 Å². The number of benzene rings is 1. The highest BCUT2D eigenvalue weighted by Crippen LogP contribution is 2.13. The summed E-state index contributed by atoms with van der Waals surface area (Å²) < 4.78 is 5.52. The summed E-state index contributed by atoms with van der Waals surface area (Å²) in [5, 5.41) is 3.25. The maximum atomic E-state index is 11.7. The molecule has 1 aromatic carbocycles. The Morgan fingerprint density at radius 1 is 1.12 bits per heavy atom. The summed E-state index contributed by atoms with van der Waals surface area (Å²) >= 11 is 0. The van der Waals surface area contributed by atoms with Crippen LogP contribution < -0.4 is 26.0 Å². The van der Waals surface area contributed by atoms with Gasteiger partial charge in [0.2, 0.25) is 0 Å². The Bertz CT molecular complexity index is 1260. The standard InChI is InChI=1S/C21H19N3O2/c1-12-8-13(2)22-17(12)9-18-20(26-3)10-19(23-18)21-15(11-25)14-6-4-5-7-16(14)24-21/h4-11,22-23H,1-3H3/b18-9?,21-19-. The van der Waals surface area contributed by atoms with Crippen LogP contribution in [-0.2, 0) is 4.79 Å². The van der Waals surface area contributed by atoms with Crippen LogP contribution >= 0.6 is 0 Å². The molecule has 3 heterocycles. The van der Waals surface area contributed by atoms with Crippen molar-refractivity contribution in [2.75, 3.05) is 7.11 Å². The van der Waals surface area contributed by atoms with Crippen LogP contribution in [0, 0.1) is 13.8 Å². The number of aromatic amines is 2. The van der Waals surface area contributed by atoms with E-state index in [-0.39, 0.29) is 0 Å². The average molecular weight is 345 g/mol. The number of methoxy groups -OCH3 is 1. The molecule has 2 N–H and O–H groups in total. The second-order valence-corrected chi connectivity index (χ2v) is 6.37. The number of fused-ring (bicyclic) bond motifs is 1. The van der Waals surface area contributed by atoms with E-state index in [1.807, 2.05) is 43.3 Å². The molecule has 26 heavy (non-hydrogen) atoms. The molecule has 0 fully saturated rings. The Balaban J connectivity index is 2.00. The molecule has 0 amide bonds. The van der Waals surface area contributed by atoms with Crippen LogP contribution in [0.5, 0.6) is 5.75 Å². The summed E-state index contributed by atoms with van der Waals surface area (Å²) in [6.07, 6.45) is 2.87. The zero-order valence-corrected chi connectivity index (χ0v) is 14.9. The van der Waals surface area contributed by atoms with Crippen molar-refractivity contribution in [1.29, 1.82) is 0 Å². The van der Waals surface area contributed by atoms with Gasteiger partial charge < -0.3 is 14.7 Å². The van der Waals surface area contributed by atoms with Crippen LogP contribution in [0.3, 0.4) is 0 Å². The van der Waals surface area contributed by atoms with Crippen molar-refractivity contribution < 1.29 is 9.53 Å². The van der Waals surface area contributed by atoms with Gasteiger partial charge in [-0.2, -0.15) is 0 Å². The van der Waals surface area contributed by atoms with Gasteiger partial charge in [0.15, 0.2) is 6.29 Å². The zero-order chi connectivity index (χ0) is 18.3. The number of aryl methyl sites for hydroxylation is 2. The molecular weight excluding hydrogens is 326 g/mol. The van der Waals surface area contributed by atoms with E-state index in [2.05, 4.69) is 28.0 Å². The minimum absolute atomic E-state index is 0.586. The summed E-state index contributed by atoms with van der Waals surface area (Å²) in [4.78, 5) is 23.0. The van der Waals surface area contributed by atoms with E-state index in [1.54, 1.807) is 7.11 Å². The largest absolute Gasteiger partial charge is 0.494 e. The van der Waals surface area contributed by atoms with Gasteiger partial charge in [0, 0.05) is 22.7 Å². The molecule has 4 rings (SSSR count). The van der Waals surface area contributed by atoms with E-state index >= 15 is 0 Å². The Labute approximate surface area is 150 Å². The van der Waals surface area contributed by atoms with Gasteiger partial charge in [-0.15, -0.1) is 0 Å². The topological polar surface area (TPSA) is 70.2 Å². The molecule has 130 valence electrons.